The third kappa shape index (κ3) is 2.12. The second kappa shape index (κ2) is 4.24. The molecular weight excluding hydrogens is 259 g/mol. The molecule has 0 radical (unpaired) electrons. The minimum Gasteiger partial charge on any atom is -0.316 e. The molecule has 1 unspecified atom stereocenters. The van der Waals surface area contributed by atoms with Gasteiger partial charge in [0.25, 0.3) is 0 Å². The molecule has 1 aromatic heterocycles. The molecule has 0 amide bonds. The Morgan fingerprint density at radius 3 is 2.72 bits per heavy atom. The van der Waals surface area contributed by atoms with Gasteiger partial charge in [-0.2, -0.15) is 13.2 Å². The first-order valence-corrected chi connectivity index (χ1v) is 6.67. The molecule has 1 nitrogen and oxygen atoms in total. The largest absolute Gasteiger partial charge is 0.425 e. The van der Waals surface area contributed by atoms with Crippen LogP contribution in [0.25, 0.3) is 10.1 Å². The average Bonchev–Trinajstić information content (AvgIpc) is 2.96. The van der Waals surface area contributed by atoms with E-state index >= 15 is 0 Å². The van der Waals surface area contributed by atoms with Gasteiger partial charge < -0.3 is 5.32 Å². The Labute approximate surface area is 107 Å². The average molecular weight is 271 g/mol. The first kappa shape index (κ1) is 12.0. The van der Waals surface area contributed by atoms with Crippen molar-refractivity contribution in [2.45, 2.75) is 18.5 Å². The van der Waals surface area contributed by atoms with Crippen LogP contribution in [0.2, 0.25) is 0 Å². The number of alkyl halides is 3. The Morgan fingerprint density at radius 1 is 1.22 bits per heavy atom. The van der Waals surface area contributed by atoms with Gasteiger partial charge in [-0.25, -0.2) is 0 Å². The lowest BCUT2D eigenvalue weighted by Crippen LogP contribution is -2.07. The summed E-state index contributed by atoms with van der Waals surface area (Å²) in [6.07, 6.45) is -3.18. The molecule has 1 N–H and O–H groups in total. The minimum atomic E-state index is -4.24. The molecule has 18 heavy (non-hydrogen) atoms. The normalized spacial score (nSPS) is 20.7. The molecule has 1 saturated heterocycles. The third-order valence-corrected chi connectivity index (χ3v) is 4.51. The molecule has 1 aliphatic rings. The van der Waals surface area contributed by atoms with Crippen molar-refractivity contribution < 1.29 is 13.2 Å². The summed E-state index contributed by atoms with van der Waals surface area (Å²) < 4.78 is 38.6. The van der Waals surface area contributed by atoms with Crippen LogP contribution < -0.4 is 5.32 Å². The number of benzene rings is 1. The van der Waals surface area contributed by atoms with E-state index in [1.807, 2.05) is 18.2 Å². The summed E-state index contributed by atoms with van der Waals surface area (Å²) in [5.74, 6) is 0.434. The van der Waals surface area contributed by atoms with Crippen molar-refractivity contribution in [2.24, 2.45) is 0 Å². The summed E-state index contributed by atoms with van der Waals surface area (Å²) in [6.45, 7) is 1.90. The molecule has 2 heterocycles. The van der Waals surface area contributed by atoms with E-state index in [9.17, 15) is 13.2 Å². The van der Waals surface area contributed by atoms with Crippen molar-refractivity contribution in [3.05, 3.63) is 34.7 Å². The molecule has 1 aliphatic heterocycles. The molecule has 1 fully saturated rings. The summed E-state index contributed by atoms with van der Waals surface area (Å²) >= 11 is 0.815. The summed E-state index contributed by atoms with van der Waals surface area (Å²) in [5, 5.41) is 3.98. The van der Waals surface area contributed by atoms with E-state index in [1.165, 1.54) is 6.07 Å². The van der Waals surface area contributed by atoms with E-state index in [4.69, 9.17) is 0 Å². The molecule has 3 rings (SSSR count). The number of rotatable bonds is 1. The Kier molecular flexibility index (Phi) is 2.83. The van der Waals surface area contributed by atoms with Crippen LogP contribution in [-0.4, -0.2) is 13.1 Å². The smallest absolute Gasteiger partial charge is 0.316 e. The van der Waals surface area contributed by atoms with Gasteiger partial charge in [0.15, 0.2) is 0 Å². The Morgan fingerprint density at radius 2 is 2.06 bits per heavy atom. The Bertz CT molecular complexity index is 567. The third-order valence-electron chi connectivity index (χ3n) is 3.35. The van der Waals surface area contributed by atoms with Gasteiger partial charge in [0.05, 0.1) is 0 Å². The van der Waals surface area contributed by atoms with Crippen LogP contribution in [-0.2, 0) is 6.18 Å². The maximum Gasteiger partial charge on any atom is 0.425 e. The van der Waals surface area contributed by atoms with E-state index in [0.29, 0.717) is 16.0 Å². The predicted molar refractivity (Wildman–Crippen MR) is 67.1 cm³/mol. The van der Waals surface area contributed by atoms with Crippen LogP contribution in [0.3, 0.4) is 0 Å². The topological polar surface area (TPSA) is 12.0 Å². The highest BCUT2D eigenvalue weighted by Crippen LogP contribution is 2.39. The van der Waals surface area contributed by atoms with E-state index in [0.717, 1.165) is 36.4 Å². The summed E-state index contributed by atoms with van der Waals surface area (Å²) in [5.41, 5.74) is 1.14. The minimum absolute atomic E-state index is 0.434. The Hall–Kier alpha value is -1.07. The molecule has 96 valence electrons. The van der Waals surface area contributed by atoms with Crippen molar-refractivity contribution in [1.29, 1.82) is 0 Å². The molecule has 0 spiro atoms. The lowest BCUT2D eigenvalue weighted by molar-refractivity contribution is -0.134. The molecule has 2 aromatic rings. The van der Waals surface area contributed by atoms with Crippen LogP contribution in [0.4, 0.5) is 13.2 Å². The summed E-state index contributed by atoms with van der Waals surface area (Å²) in [4.78, 5) is -0.515. The SMILES string of the molecule is FC(F)(F)c1cc2cc(C3CCNC3)ccc2s1. The highest BCUT2D eigenvalue weighted by Gasteiger charge is 2.32. The van der Waals surface area contributed by atoms with E-state index < -0.39 is 11.1 Å². The molecule has 0 bridgehead atoms. The number of nitrogens with one attached hydrogen (secondary N) is 1. The molecule has 5 heteroatoms. The summed E-state index contributed by atoms with van der Waals surface area (Å²) in [7, 11) is 0. The van der Waals surface area contributed by atoms with Gasteiger partial charge in [-0.15, -0.1) is 11.3 Å². The van der Waals surface area contributed by atoms with Gasteiger partial charge in [-0.1, -0.05) is 6.07 Å². The van der Waals surface area contributed by atoms with Crippen molar-refractivity contribution in [1.82, 2.24) is 5.32 Å². The fourth-order valence-electron chi connectivity index (χ4n) is 2.39. The molecule has 0 aliphatic carbocycles. The van der Waals surface area contributed by atoms with Crippen molar-refractivity contribution >= 4 is 21.4 Å². The highest BCUT2D eigenvalue weighted by molar-refractivity contribution is 7.19. The maximum absolute atomic E-state index is 12.6. The maximum atomic E-state index is 12.6. The standard InChI is InChI=1S/C13H12F3NS/c14-13(15,16)12-6-10-5-8(1-2-11(10)18-12)9-3-4-17-7-9/h1-2,5-6,9,17H,3-4,7H2. The van der Waals surface area contributed by atoms with Crippen LogP contribution >= 0.6 is 11.3 Å². The number of fused-ring (bicyclic) bond motifs is 1. The van der Waals surface area contributed by atoms with Gasteiger partial charge in [0, 0.05) is 11.2 Å². The molecule has 1 atom stereocenters. The van der Waals surface area contributed by atoms with E-state index in [1.54, 1.807) is 0 Å². The number of thiophene rings is 1. The molecular formula is C13H12F3NS. The van der Waals surface area contributed by atoms with Gasteiger partial charge in [-0.05, 0) is 48.0 Å². The lowest BCUT2D eigenvalue weighted by Gasteiger charge is -2.08. The lowest BCUT2D eigenvalue weighted by atomic mass is 9.97. The van der Waals surface area contributed by atoms with Crippen LogP contribution in [0, 0.1) is 0 Å². The van der Waals surface area contributed by atoms with Crippen molar-refractivity contribution in [3.63, 3.8) is 0 Å². The second-order valence-corrected chi connectivity index (χ2v) is 5.68. The zero-order valence-corrected chi connectivity index (χ0v) is 10.4. The summed E-state index contributed by atoms with van der Waals surface area (Å²) in [6, 6.07) is 6.92. The monoisotopic (exact) mass is 271 g/mol. The van der Waals surface area contributed by atoms with Crippen LogP contribution in [0.1, 0.15) is 22.8 Å². The molecule has 0 saturated carbocycles. The van der Waals surface area contributed by atoms with Gasteiger partial charge in [0.1, 0.15) is 4.88 Å². The number of hydrogen-bond acceptors (Lipinski definition) is 2. The fourth-order valence-corrected chi connectivity index (χ4v) is 3.30. The zero-order chi connectivity index (χ0) is 12.8. The second-order valence-electron chi connectivity index (χ2n) is 4.60. The molecule has 1 aromatic carbocycles. The fraction of sp³-hybridized carbons (Fsp3) is 0.385. The van der Waals surface area contributed by atoms with Crippen LogP contribution in [0.5, 0.6) is 0 Å². The van der Waals surface area contributed by atoms with Gasteiger partial charge >= 0.3 is 6.18 Å². The first-order valence-electron chi connectivity index (χ1n) is 5.85. The van der Waals surface area contributed by atoms with E-state index in [-0.39, 0.29) is 0 Å². The van der Waals surface area contributed by atoms with Crippen LogP contribution in [0.15, 0.2) is 24.3 Å². The number of halogens is 3. The highest BCUT2D eigenvalue weighted by atomic mass is 32.1. The van der Waals surface area contributed by atoms with E-state index in [2.05, 4.69) is 5.32 Å². The van der Waals surface area contributed by atoms with Gasteiger partial charge in [0.2, 0.25) is 0 Å². The quantitative estimate of drug-likeness (QED) is 0.826. The first-order chi connectivity index (χ1) is 8.54. The number of hydrogen-bond donors (Lipinski definition) is 1. The zero-order valence-electron chi connectivity index (χ0n) is 9.55. The van der Waals surface area contributed by atoms with Crippen molar-refractivity contribution in [2.75, 3.05) is 13.1 Å². The van der Waals surface area contributed by atoms with Crippen molar-refractivity contribution in [3.8, 4) is 0 Å². The Balaban J connectivity index is 2.01. The predicted octanol–water partition coefficient (Wildman–Crippen LogP) is 4.00. The van der Waals surface area contributed by atoms with Gasteiger partial charge in [-0.3, -0.25) is 0 Å².